The van der Waals surface area contributed by atoms with Crippen molar-refractivity contribution in [3.63, 3.8) is 0 Å². The Morgan fingerprint density at radius 1 is 1.38 bits per heavy atom. The van der Waals surface area contributed by atoms with Gasteiger partial charge in [-0.05, 0) is 30.2 Å². The highest BCUT2D eigenvalue weighted by Crippen LogP contribution is 2.09. The van der Waals surface area contributed by atoms with E-state index in [1.165, 1.54) is 0 Å². The van der Waals surface area contributed by atoms with E-state index in [1.54, 1.807) is 10.9 Å². The van der Waals surface area contributed by atoms with E-state index < -0.39 is 12.0 Å². The summed E-state index contributed by atoms with van der Waals surface area (Å²) >= 11 is 0. The Morgan fingerprint density at radius 3 is 2.71 bits per heavy atom. The number of carboxylic acid groups (broad SMARTS) is 1. The zero-order chi connectivity index (χ0) is 15.1. The summed E-state index contributed by atoms with van der Waals surface area (Å²) in [6, 6.07) is 9.33. The molecule has 0 aliphatic carbocycles. The molecule has 112 valence electrons. The fourth-order valence-electron chi connectivity index (χ4n) is 2.15. The van der Waals surface area contributed by atoms with E-state index in [9.17, 15) is 9.90 Å². The minimum atomic E-state index is -0.781. The van der Waals surface area contributed by atoms with Crippen LogP contribution >= 0.6 is 0 Å². The predicted molar refractivity (Wildman–Crippen MR) is 81.4 cm³/mol. The molecule has 21 heavy (non-hydrogen) atoms. The second-order valence-corrected chi connectivity index (χ2v) is 5.03. The van der Waals surface area contributed by atoms with Gasteiger partial charge in [0.2, 0.25) is 0 Å². The first-order valence-electron chi connectivity index (χ1n) is 7.26. The summed E-state index contributed by atoms with van der Waals surface area (Å²) in [5, 5.41) is 16.4. The van der Waals surface area contributed by atoms with Gasteiger partial charge in [0.15, 0.2) is 0 Å². The first-order chi connectivity index (χ1) is 10.2. The van der Waals surface area contributed by atoms with Crippen molar-refractivity contribution < 1.29 is 9.90 Å². The first-order valence-corrected chi connectivity index (χ1v) is 7.26. The Bertz CT molecular complexity index is 549. The number of hydrogen-bond acceptors (Lipinski definition) is 3. The molecule has 2 rings (SSSR count). The molecule has 2 N–H and O–H groups in total. The highest BCUT2D eigenvalue weighted by atomic mass is 16.4. The van der Waals surface area contributed by atoms with Crippen molar-refractivity contribution in [1.82, 2.24) is 15.1 Å². The monoisotopic (exact) mass is 287 g/mol. The third kappa shape index (κ3) is 4.43. The molecule has 0 bridgehead atoms. The molecule has 5 heteroatoms. The number of rotatable bonds is 8. The Labute approximate surface area is 124 Å². The lowest BCUT2D eigenvalue weighted by Crippen LogP contribution is -2.36. The summed E-state index contributed by atoms with van der Waals surface area (Å²) in [4.78, 5) is 11.2. The average Bonchev–Trinajstić information content (AvgIpc) is 3.02. The van der Waals surface area contributed by atoms with Gasteiger partial charge < -0.3 is 10.4 Å². The first kappa shape index (κ1) is 15.3. The fourth-order valence-corrected chi connectivity index (χ4v) is 2.15. The molecule has 0 saturated carbocycles. The zero-order valence-corrected chi connectivity index (χ0v) is 12.2. The molecule has 1 aromatic carbocycles. The van der Waals surface area contributed by atoms with Crippen LogP contribution in [0.5, 0.6) is 0 Å². The molecule has 0 aliphatic rings. The second kappa shape index (κ2) is 7.59. The number of aromatic nitrogens is 2. The minimum absolute atomic E-state index is 0.476. The molecular weight excluding hydrogens is 266 g/mol. The Morgan fingerprint density at radius 2 is 2.14 bits per heavy atom. The average molecular weight is 287 g/mol. The summed E-state index contributed by atoms with van der Waals surface area (Å²) < 4.78 is 1.79. The van der Waals surface area contributed by atoms with Crippen molar-refractivity contribution in [2.75, 3.05) is 0 Å². The van der Waals surface area contributed by atoms with E-state index in [-0.39, 0.29) is 0 Å². The van der Waals surface area contributed by atoms with Crippen molar-refractivity contribution >= 4 is 5.97 Å². The number of carbonyl (C=O) groups is 1. The van der Waals surface area contributed by atoms with Gasteiger partial charge in [0.25, 0.3) is 0 Å². The lowest BCUT2D eigenvalue weighted by Gasteiger charge is -2.14. The molecule has 1 atom stereocenters. The van der Waals surface area contributed by atoms with Gasteiger partial charge in [-0.1, -0.05) is 31.9 Å². The topological polar surface area (TPSA) is 67.2 Å². The van der Waals surface area contributed by atoms with E-state index in [4.69, 9.17) is 0 Å². The molecule has 0 saturated heterocycles. The van der Waals surface area contributed by atoms with Crippen LogP contribution in [0.1, 0.15) is 31.7 Å². The Hall–Kier alpha value is -2.14. The third-order valence-corrected chi connectivity index (χ3v) is 3.40. The fraction of sp³-hybridized carbons (Fsp3) is 0.375. The van der Waals surface area contributed by atoms with Crippen LogP contribution in [-0.2, 0) is 11.3 Å². The molecule has 0 radical (unpaired) electrons. The van der Waals surface area contributed by atoms with Crippen LogP contribution < -0.4 is 5.32 Å². The van der Waals surface area contributed by atoms with Crippen molar-refractivity contribution in [2.45, 2.75) is 38.8 Å². The number of nitrogens with one attached hydrogen (secondary N) is 1. The van der Waals surface area contributed by atoms with Crippen LogP contribution in [0, 0.1) is 0 Å². The zero-order valence-electron chi connectivity index (χ0n) is 12.2. The van der Waals surface area contributed by atoms with E-state index in [0.717, 1.165) is 24.1 Å². The molecule has 1 aromatic heterocycles. The molecule has 0 unspecified atom stereocenters. The number of aliphatic carboxylic acids is 1. The summed E-state index contributed by atoms with van der Waals surface area (Å²) in [5.41, 5.74) is 2.05. The van der Waals surface area contributed by atoms with E-state index >= 15 is 0 Å². The Balaban J connectivity index is 1.92. The van der Waals surface area contributed by atoms with Crippen molar-refractivity contribution in [2.24, 2.45) is 0 Å². The lowest BCUT2D eigenvalue weighted by molar-refractivity contribution is -0.139. The van der Waals surface area contributed by atoms with Gasteiger partial charge in [-0.25, -0.2) is 4.68 Å². The number of carboxylic acids is 1. The maximum atomic E-state index is 11.2. The number of unbranched alkanes of at least 4 members (excludes halogenated alkanes) is 1. The van der Waals surface area contributed by atoms with Crippen LogP contribution in [0.25, 0.3) is 5.69 Å². The van der Waals surface area contributed by atoms with Gasteiger partial charge >= 0.3 is 5.97 Å². The number of benzene rings is 1. The highest BCUT2D eigenvalue weighted by Gasteiger charge is 2.15. The molecule has 1 heterocycles. The van der Waals surface area contributed by atoms with Gasteiger partial charge in [-0.2, -0.15) is 5.10 Å². The van der Waals surface area contributed by atoms with Gasteiger partial charge in [0.1, 0.15) is 6.04 Å². The maximum absolute atomic E-state index is 11.2. The molecule has 0 spiro atoms. The van der Waals surface area contributed by atoms with Crippen LogP contribution in [0.15, 0.2) is 42.7 Å². The third-order valence-electron chi connectivity index (χ3n) is 3.40. The largest absolute Gasteiger partial charge is 0.480 e. The number of hydrogen-bond donors (Lipinski definition) is 2. The van der Waals surface area contributed by atoms with Gasteiger partial charge in [0.05, 0.1) is 5.69 Å². The summed E-state index contributed by atoms with van der Waals surface area (Å²) in [6.07, 6.45) is 6.21. The second-order valence-electron chi connectivity index (χ2n) is 5.03. The van der Waals surface area contributed by atoms with Crippen LogP contribution in [0.3, 0.4) is 0 Å². The standard InChI is InChI=1S/C16H21N3O2/c1-2-3-5-15(16(20)21)17-12-13-6-8-14(9-7-13)19-11-4-10-18-19/h4,6-11,15,17H,2-3,5,12H2,1H3,(H,20,21)/t15-/m0/s1. The lowest BCUT2D eigenvalue weighted by atomic mass is 10.1. The maximum Gasteiger partial charge on any atom is 0.320 e. The number of nitrogens with zero attached hydrogens (tertiary/aromatic N) is 2. The van der Waals surface area contributed by atoms with Crippen molar-refractivity contribution in [3.8, 4) is 5.69 Å². The van der Waals surface area contributed by atoms with Crippen molar-refractivity contribution in [1.29, 1.82) is 0 Å². The molecule has 0 amide bonds. The SMILES string of the molecule is CCCC[C@H](NCc1ccc(-n2cccn2)cc1)C(=O)O. The smallest absolute Gasteiger partial charge is 0.320 e. The van der Waals surface area contributed by atoms with E-state index in [1.807, 2.05) is 36.5 Å². The summed E-state index contributed by atoms with van der Waals surface area (Å²) in [5.74, 6) is -0.781. The molecular formula is C16H21N3O2. The molecule has 0 fully saturated rings. The normalized spacial score (nSPS) is 12.2. The molecule has 0 aliphatic heterocycles. The van der Waals surface area contributed by atoms with Crippen LogP contribution in [0.2, 0.25) is 0 Å². The van der Waals surface area contributed by atoms with Crippen molar-refractivity contribution in [3.05, 3.63) is 48.3 Å². The van der Waals surface area contributed by atoms with Gasteiger partial charge in [-0.3, -0.25) is 4.79 Å². The summed E-state index contributed by atoms with van der Waals surface area (Å²) in [7, 11) is 0. The molecule has 5 nitrogen and oxygen atoms in total. The summed E-state index contributed by atoms with van der Waals surface area (Å²) in [6.45, 7) is 2.62. The highest BCUT2D eigenvalue weighted by molar-refractivity contribution is 5.73. The predicted octanol–water partition coefficient (Wildman–Crippen LogP) is 2.61. The van der Waals surface area contributed by atoms with Crippen LogP contribution in [0.4, 0.5) is 0 Å². The van der Waals surface area contributed by atoms with E-state index in [2.05, 4.69) is 17.3 Å². The van der Waals surface area contributed by atoms with Gasteiger partial charge in [-0.15, -0.1) is 0 Å². The molecule has 2 aromatic rings. The quantitative estimate of drug-likeness (QED) is 0.783. The van der Waals surface area contributed by atoms with E-state index in [0.29, 0.717) is 13.0 Å². The minimum Gasteiger partial charge on any atom is -0.480 e. The Kier molecular flexibility index (Phi) is 5.51. The van der Waals surface area contributed by atoms with Gasteiger partial charge in [0, 0.05) is 18.9 Å². The van der Waals surface area contributed by atoms with Crippen LogP contribution in [-0.4, -0.2) is 26.9 Å².